The Morgan fingerprint density at radius 1 is 0.963 bits per heavy atom. The maximum absolute atomic E-state index is 13.1. The normalized spacial score (nSPS) is 19.5. The number of likely N-dealkylation sites (tertiary alicyclic amines) is 1. The molecule has 5 rings (SSSR count). The lowest BCUT2D eigenvalue weighted by Crippen LogP contribution is -2.62. The molecule has 2 aliphatic heterocycles. The van der Waals surface area contributed by atoms with Gasteiger partial charge in [-0.3, -0.25) is 9.80 Å². The first kappa shape index (κ1) is 16.7. The third-order valence-electron chi connectivity index (χ3n) is 5.76. The fourth-order valence-electron chi connectivity index (χ4n) is 4.19. The SMILES string of the molecule is Fc1ccc(N2CCN(C3CN(Cc4cn5ccccc5n4)C3)CC2)cc1. The zero-order valence-electron chi connectivity index (χ0n) is 15.3. The number of imidazole rings is 1. The number of rotatable bonds is 4. The molecule has 0 amide bonds. The quantitative estimate of drug-likeness (QED) is 0.710. The lowest BCUT2D eigenvalue weighted by Gasteiger charge is -2.48. The highest BCUT2D eigenvalue weighted by molar-refractivity contribution is 5.46. The molecule has 2 saturated heterocycles. The number of hydrogen-bond donors (Lipinski definition) is 0. The van der Waals surface area contributed by atoms with Crippen LogP contribution in [-0.2, 0) is 6.54 Å². The van der Waals surface area contributed by atoms with Crippen molar-refractivity contribution < 1.29 is 4.39 Å². The van der Waals surface area contributed by atoms with Crippen molar-refractivity contribution in [1.29, 1.82) is 0 Å². The summed E-state index contributed by atoms with van der Waals surface area (Å²) < 4.78 is 15.2. The van der Waals surface area contributed by atoms with Crippen molar-refractivity contribution in [3.8, 4) is 0 Å². The zero-order valence-corrected chi connectivity index (χ0v) is 15.3. The molecule has 1 aromatic carbocycles. The Labute approximate surface area is 158 Å². The molecule has 0 N–H and O–H groups in total. The summed E-state index contributed by atoms with van der Waals surface area (Å²) in [5.74, 6) is -0.169. The minimum absolute atomic E-state index is 0.169. The highest BCUT2D eigenvalue weighted by atomic mass is 19.1. The van der Waals surface area contributed by atoms with Crippen LogP contribution in [0.2, 0.25) is 0 Å². The third kappa shape index (κ3) is 3.42. The fourth-order valence-corrected chi connectivity index (χ4v) is 4.19. The van der Waals surface area contributed by atoms with Crippen LogP contribution in [0.4, 0.5) is 10.1 Å². The van der Waals surface area contributed by atoms with E-state index < -0.39 is 0 Å². The number of pyridine rings is 1. The van der Waals surface area contributed by atoms with Crippen LogP contribution >= 0.6 is 0 Å². The zero-order chi connectivity index (χ0) is 18.2. The van der Waals surface area contributed by atoms with Gasteiger partial charge in [-0.05, 0) is 36.4 Å². The van der Waals surface area contributed by atoms with E-state index in [0.717, 1.165) is 62.8 Å². The summed E-state index contributed by atoms with van der Waals surface area (Å²) in [4.78, 5) is 12.1. The van der Waals surface area contributed by atoms with Crippen LogP contribution in [0.25, 0.3) is 5.65 Å². The predicted molar refractivity (Wildman–Crippen MR) is 104 cm³/mol. The van der Waals surface area contributed by atoms with Gasteiger partial charge in [-0.15, -0.1) is 0 Å². The molecule has 2 fully saturated rings. The van der Waals surface area contributed by atoms with Gasteiger partial charge in [0.1, 0.15) is 11.5 Å². The summed E-state index contributed by atoms with van der Waals surface area (Å²) in [7, 11) is 0. The van der Waals surface area contributed by atoms with Gasteiger partial charge in [-0.2, -0.15) is 0 Å². The Balaban J connectivity index is 1.11. The molecule has 27 heavy (non-hydrogen) atoms. The average Bonchev–Trinajstić information content (AvgIpc) is 3.08. The number of anilines is 1. The highest BCUT2D eigenvalue weighted by Crippen LogP contribution is 2.22. The average molecular weight is 365 g/mol. The molecule has 0 radical (unpaired) electrons. The second kappa shape index (κ2) is 6.94. The maximum atomic E-state index is 13.1. The minimum Gasteiger partial charge on any atom is -0.369 e. The van der Waals surface area contributed by atoms with Crippen LogP contribution in [0.5, 0.6) is 0 Å². The van der Waals surface area contributed by atoms with E-state index in [1.54, 1.807) is 12.1 Å². The van der Waals surface area contributed by atoms with Crippen LogP contribution in [-0.4, -0.2) is 64.5 Å². The van der Waals surface area contributed by atoms with E-state index in [0.29, 0.717) is 6.04 Å². The molecule has 0 bridgehead atoms. The molecule has 0 atom stereocenters. The maximum Gasteiger partial charge on any atom is 0.137 e. The number of hydrogen-bond acceptors (Lipinski definition) is 4. The number of fused-ring (bicyclic) bond motifs is 1. The van der Waals surface area contributed by atoms with Gasteiger partial charge in [0.25, 0.3) is 0 Å². The molecule has 0 unspecified atom stereocenters. The number of aromatic nitrogens is 2. The summed E-state index contributed by atoms with van der Waals surface area (Å²) >= 11 is 0. The summed E-state index contributed by atoms with van der Waals surface area (Å²) in [5.41, 5.74) is 3.28. The van der Waals surface area contributed by atoms with Crippen LogP contribution in [0, 0.1) is 5.82 Å². The molecule has 2 aliphatic rings. The van der Waals surface area contributed by atoms with Crippen molar-refractivity contribution in [3.63, 3.8) is 0 Å². The van der Waals surface area contributed by atoms with E-state index in [4.69, 9.17) is 4.98 Å². The fraction of sp³-hybridized carbons (Fsp3) is 0.381. The van der Waals surface area contributed by atoms with E-state index in [-0.39, 0.29) is 5.82 Å². The molecule has 6 heteroatoms. The van der Waals surface area contributed by atoms with Crippen molar-refractivity contribution in [1.82, 2.24) is 19.2 Å². The second-order valence-corrected chi connectivity index (χ2v) is 7.55. The molecular weight excluding hydrogens is 341 g/mol. The topological polar surface area (TPSA) is 27.0 Å². The second-order valence-electron chi connectivity index (χ2n) is 7.55. The summed E-state index contributed by atoms with van der Waals surface area (Å²) in [6.07, 6.45) is 4.18. The molecule has 5 nitrogen and oxygen atoms in total. The Hall–Kier alpha value is -2.44. The largest absolute Gasteiger partial charge is 0.369 e. The first-order valence-corrected chi connectivity index (χ1v) is 9.64. The van der Waals surface area contributed by atoms with E-state index in [1.807, 2.05) is 36.5 Å². The molecule has 4 heterocycles. The smallest absolute Gasteiger partial charge is 0.137 e. The molecule has 2 aromatic heterocycles. The van der Waals surface area contributed by atoms with Gasteiger partial charge in [0, 0.05) is 69.9 Å². The van der Waals surface area contributed by atoms with Crippen molar-refractivity contribution in [2.24, 2.45) is 0 Å². The summed E-state index contributed by atoms with van der Waals surface area (Å²) in [6, 6.07) is 13.6. The number of halogens is 1. The first-order valence-electron chi connectivity index (χ1n) is 9.64. The molecular formula is C21H24FN5. The van der Waals surface area contributed by atoms with Crippen LogP contribution in [0.3, 0.4) is 0 Å². The predicted octanol–water partition coefficient (Wildman–Crippen LogP) is 2.48. The first-order chi connectivity index (χ1) is 13.2. The number of piperazine rings is 1. The molecule has 3 aromatic rings. The molecule has 0 spiro atoms. The van der Waals surface area contributed by atoms with Crippen molar-refractivity contribution in [2.75, 3.05) is 44.2 Å². The van der Waals surface area contributed by atoms with Gasteiger partial charge >= 0.3 is 0 Å². The molecule has 0 aliphatic carbocycles. The Bertz CT molecular complexity index is 875. The lowest BCUT2D eigenvalue weighted by molar-refractivity contribution is 0.0250. The number of benzene rings is 1. The molecule has 140 valence electrons. The van der Waals surface area contributed by atoms with Crippen LogP contribution < -0.4 is 4.90 Å². The Morgan fingerprint density at radius 2 is 1.74 bits per heavy atom. The Morgan fingerprint density at radius 3 is 2.48 bits per heavy atom. The van der Waals surface area contributed by atoms with E-state index in [9.17, 15) is 4.39 Å². The van der Waals surface area contributed by atoms with Gasteiger partial charge in [0.2, 0.25) is 0 Å². The van der Waals surface area contributed by atoms with Gasteiger partial charge in [0.15, 0.2) is 0 Å². The van der Waals surface area contributed by atoms with E-state index >= 15 is 0 Å². The van der Waals surface area contributed by atoms with Crippen molar-refractivity contribution >= 4 is 11.3 Å². The van der Waals surface area contributed by atoms with Gasteiger partial charge in [-0.25, -0.2) is 9.37 Å². The van der Waals surface area contributed by atoms with Gasteiger partial charge < -0.3 is 9.30 Å². The molecule has 0 saturated carbocycles. The standard InChI is InChI=1S/C21H24FN5/c22-17-4-6-19(7-5-17)25-9-11-26(12-10-25)20-15-24(16-20)13-18-14-27-8-2-1-3-21(27)23-18/h1-8,14,20H,9-13,15-16H2. The van der Waals surface area contributed by atoms with E-state index in [1.165, 1.54) is 0 Å². The van der Waals surface area contributed by atoms with Crippen molar-refractivity contribution in [2.45, 2.75) is 12.6 Å². The van der Waals surface area contributed by atoms with Crippen LogP contribution in [0.15, 0.2) is 54.9 Å². The Kier molecular flexibility index (Phi) is 4.30. The number of nitrogens with zero attached hydrogens (tertiary/aromatic N) is 5. The van der Waals surface area contributed by atoms with Crippen molar-refractivity contribution in [3.05, 3.63) is 66.4 Å². The third-order valence-corrected chi connectivity index (χ3v) is 5.76. The highest BCUT2D eigenvalue weighted by Gasteiger charge is 2.33. The van der Waals surface area contributed by atoms with Gasteiger partial charge in [0.05, 0.1) is 5.69 Å². The monoisotopic (exact) mass is 365 g/mol. The van der Waals surface area contributed by atoms with Gasteiger partial charge in [-0.1, -0.05) is 6.07 Å². The van der Waals surface area contributed by atoms with Crippen LogP contribution in [0.1, 0.15) is 5.69 Å². The summed E-state index contributed by atoms with van der Waals surface area (Å²) in [5, 5.41) is 0. The van der Waals surface area contributed by atoms with E-state index in [2.05, 4.69) is 25.3 Å². The summed E-state index contributed by atoms with van der Waals surface area (Å²) in [6.45, 7) is 7.32. The minimum atomic E-state index is -0.169. The lowest BCUT2D eigenvalue weighted by atomic mass is 10.1.